The monoisotopic (exact) mass is 435 g/mol. The van der Waals surface area contributed by atoms with Crippen LogP contribution in [0.4, 0.5) is 10.6 Å². The van der Waals surface area contributed by atoms with Gasteiger partial charge in [0, 0.05) is 17.7 Å². The van der Waals surface area contributed by atoms with Gasteiger partial charge < -0.3 is 15.4 Å². The van der Waals surface area contributed by atoms with E-state index in [2.05, 4.69) is 26.0 Å². The van der Waals surface area contributed by atoms with Crippen LogP contribution in [-0.4, -0.2) is 32.6 Å². The normalized spacial score (nSPS) is 16.8. The van der Waals surface area contributed by atoms with Gasteiger partial charge >= 0.3 is 6.03 Å². The Bertz CT molecular complexity index is 1320. The van der Waals surface area contributed by atoms with E-state index in [1.165, 1.54) is 12.1 Å². The van der Waals surface area contributed by atoms with Gasteiger partial charge in [0.05, 0.1) is 22.9 Å². The van der Waals surface area contributed by atoms with Crippen LogP contribution in [0, 0.1) is 11.3 Å². The second-order valence-electron chi connectivity index (χ2n) is 7.06. The molecular formula is C20H14ClN7O3. The molecule has 0 spiro atoms. The predicted molar refractivity (Wildman–Crippen MR) is 111 cm³/mol. The first-order valence-corrected chi connectivity index (χ1v) is 9.75. The van der Waals surface area contributed by atoms with Gasteiger partial charge in [-0.05, 0) is 37.1 Å². The minimum atomic E-state index is -0.587. The third-order valence-electron chi connectivity index (χ3n) is 4.70. The van der Waals surface area contributed by atoms with Crippen molar-refractivity contribution in [2.45, 2.75) is 18.9 Å². The summed E-state index contributed by atoms with van der Waals surface area (Å²) < 4.78 is 7.49. The highest BCUT2D eigenvalue weighted by Crippen LogP contribution is 2.33. The molecule has 1 aromatic carbocycles. The molecule has 0 unspecified atom stereocenters. The molecule has 2 aliphatic rings. The zero-order valence-corrected chi connectivity index (χ0v) is 16.6. The smallest absolute Gasteiger partial charge is 0.326 e. The Morgan fingerprint density at radius 3 is 2.81 bits per heavy atom. The van der Waals surface area contributed by atoms with Gasteiger partial charge in [0.2, 0.25) is 5.88 Å². The number of benzene rings is 1. The molecule has 5 rings (SSSR count). The number of amides is 3. The standard InChI is InChI=1S/C20H14ClN7O3/c21-13-5-10(8-22)1-4-15(13)31-17-7-16(24-12-2-3-12)28-18(26-17)11(9-23-28)6-14-19(29)27-20(30)25-14/h1,4-7,9,12,24H,2-3H2,(H2,25,27,29,30). The van der Waals surface area contributed by atoms with Crippen molar-refractivity contribution >= 4 is 41.1 Å². The van der Waals surface area contributed by atoms with Gasteiger partial charge in [0.1, 0.15) is 17.3 Å². The summed E-state index contributed by atoms with van der Waals surface area (Å²) in [6.45, 7) is 0. The SMILES string of the molecule is N#Cc1ccc(Oc2cc(NC3CC3)n3ncc(C=C4NC(=O)NC4=O)c3n2)c(Cl)c1. The third-order valence-corrected chi connectivity index (χ3v) is 5.00. The van der Waals surface area contributed by atoms with Crippen LogP contribution in [0.5, 0.6) is 11.6 Å². The molecular weight excluding hydrogens is 422 g/mol. The zero-order chi connectivity index (χ0) is 21.5. The molecule has 154 valence electrons. The van der Waals surface area contributed by atoms with Gasteiger partial charge in [-0.3, -0.25) is 10.1 Å². The first-order chi connectivity index (χ1) is 15.0. The number of nitriles is 1. The largest absolute Gasteiger partial charge is 0.437 e. The van der Waals surface area contributed by atoms with E-state index >= 15 is 0 Å². The predicted octanol–water partition coefficient (Wildman–Crippen LogP) is 2.80. The van der Waals surface area contributed by atoms with Gasteiger partial charge in [-0.2, -0.15) is 19.9 Å². The second kappa shape index (κ2) is 7.30. The Hall–Kier alpha value is -4.10. The van der Waals surface area contributed by atoms with E-state index in [9.17, 15) is 9.59 Å². The quantitative estimate of drug-likeness (QED) is 0.414. The zero-order valence-electron chi connectivity index (χ0n) is 15.8. The first-order valence-electron chi connectivity index (χ1n) is 9.37. The molecule has 1 saturated heterocycles. The summed E-state index contributed by atoms with van der Waals surface area (Å²) in [5, 5.41) is 21.6. The van der Waals surface area contributed by atoms with Crippen LogP contribution < -0.4 is 20.7 Å². The van der Waals surface area contributed by atoms with Gasteiger partial charge in [-0.1, -0.05) is 11.6 Å². The number of fused-ring (bicyclic) bond motifs is 1. The van der Waals surface area contributed by atoms with Crippen LogP contribution in [-0.2, 0) is 4.79 Å². The number of carbonyl (C=O) groups is 2. The van der Waals surface area contributed by atoms with Crippen molar-refractivity contribution in [3.63, 3.8) is 0 Å². The summed E-state index contributed by atoms with van der Waals surface area (Å²) in [6, 6.07) is 8.17. The van der Waals surface area contributed by atoms with Gasteiger partial charge in [-0.15, -0.1) is 0 Å². The van der Waals surface area contributed by atoms with Crippen molar-refractivity contribution in [2.24, 2.45) is 0 Å². The molecule has 11 heteroatoms. The summed E-state index contributed by atoms with van der Waals surface area (Å²) in [5.41, 5.74) is 1.45. The molecule has 31 heavy (non-hydrogen) atoms. The molecule has 0 bridgehead atoms. The molecule has 0 atom stereocenters. The van der Waals surface area contributed by atoms with Crippen LogP contribution in [0.2, 0.25) is 5.02 Å². The molecule has 3 aromatic rings. The second-order valence-corrected chi connectivity index (χ2v) is 7.47. The Kier molecular flexibility index (Phi) is 4.45. The lowest BCUT2D eigenvalue weighted by molar-refractivity contribution is -0.115. The molecule has 2 fully saturated rings. The highest BCUT2D eigenvalue weighted by molar-refractivity contribution is 6.32. The van der Waals surface area contributed by atoms with Crippen molar-refractivity contribution in [3.05, 3.63) is 52.3 Å². The van der Waals surface area contributed by atoms with E-state index in [0.717, 1.165) is 12.8 Å². The van der Waals surface area contributed by atoms with E-state index < -0.39 is 11.9 Å². The third kappa shape index (κ3) is 3.74. The molecule has 1 aliphatic heterocycles. The molecule has 0 radical (unpaired) electrons. The van der Waals surface area contributed by atoms with Crippen molar-refractivity contribution in [1.29, 1.82) is 5.26 Å². The molecule has 3 amide bonds. The highest BCUT2D eigenvalue weighted by Gasteiger charge is 2.25. The topological polar surface area (TPSA) is 133 Å². The van der Waals surface area contributed by atoms with Crippen LogP contribution in [0.3, 0.4) is 0 Å². The van der Waals surface area contributed by atoms with Crippen LogP contribution in [0.1, 0.15) is 24.0 Å². The number of halogens is 1. The number of imide groups is 1. The number of hydrogen-bond donors (Lipinski definition) is 3. The summed E-state index contributed by atoms with van der Waals surface area (Å²) in [5.74, 6) is 0.730. The van der Waals surface area contributed by atoms with Crippen molar-refractivity contribution in [3.8, 4) is 17.7 Å². The van der Waals surface area contributed by atoms with Crippen molar-refractivity contribution < 1.29 is 14.3 Å². The van der Waals surface area contributed by atoms with Gasteiger partial charge in [-0.25, -0.2) is 4.79 Å². The Balaban J connectivity index is 1.57. The van der Waals surface area contributed by atoms with Gasteiger partial charge in [0.25, 0.3) is 5.91 Å². The van der Waals surface area contributed by atoms with E-state index in [0.29, 0.717) is 34.4 Å². The van der Waals surface area contributed by atoms with E-state index in [-0.39, 0.29) is 16.6 Å². The lowest BCUT2D eigenvalue weighted by Crippen LogP contribution is -2.22. The Morgan fingerprint density at radius 2 is 2.13 bits per heavy atom. The molecule has 10 nitrogen and oxygen atoms in total. The number of rotatable bonds is 5. The van der Waals surface area contributed by atoms with Crippen LogP contribution in [0.25, 0.3) is 11.7 Å². The van der Waals surface area contributed by atoms with Gasteiger partial charge in [0.15, 0.2) is 5.65 Å². The number of anilines is 1. The number of carbonyl (C=O) groups excluding carboxylic acids is 2. The minimum Gasteiger partial charge on any atom is -0.437 e. The van der Waals surface area contributed by atoms with Crippen molar-refractivity contribution in [1.82, 2.24) is 25.2 Å². The molecule has 1 saturated carbocycles. The fourth-order valence-corrected chi connectivity index (χ4v) is 3.27. The number of nitrogens with zero attached hydrogens (tertiary/aromatic N) is 4. The molecule has 3 heterocycles. The molecule has 2 aromatic heterocycles. The average molecular weight is 436 g/mol. The van der Waals surface area contributed by atoms with E-state index in [1.807, 2.05) is 6.07 Å². The van der Waals surface area contributed by atoms with E-state index in [4.69, 9.17) is 21.6 Å². The van der Waals surface area contributed by atoms with Crippen LogP contribution in [0.15, 0.2) is 36.2 Å². The van der Waals surface area contributed by atoms with E-state index in [1.54, 1.807) is 28.9 Å². The first kappa shape index (κ1) is 18.9. The Labute approximate surface area is 180 Å². The number of ether oxygens (including phenoxy) is 1. The number of aromatic nitrogens is 3. The van der Waals surface area contributed by atoms with Crippen molar-refractivity contribution in [2.75, 3.05) is 5.32 Å². The molecule has 1 aliphatic carbocycles. The lowest BCUT2D eigenvalue weighted by atomic mass is 10.2. The summed E-state index contributed by atoms with van der Waals surface area (Å²) >= 11 is 6.23. The summed E-state index contributed by atoms with van der Waals surface area (Å²) in [6.07, 6.45) is 5.14. The fraction of sp³-hybridized carbons (Fsp3) is 0.150. The average Bonchev–Trinajstić information content (AvgIpc) is 3.38. The van der Waals surface area contributed by atoms with Crippen LogP contribution >= 0.6 is 11.6 Å². The maximum Gasteiger partial charge on any atom is 0.326 e. The maximum absolute atomic E-state index is 11.9. The summed E-state index contributed by atoms with van der Waals surface area (Å²) in [4.78, 5) is 27.8. The highest BCUT2D eigenvalue weighted by atomic mass is 35.5. The number of urea groups is 1. The molecule has 3 N–H and O–H groups in total. The maximum atomic E-state index is 11.9. The number of hydrogen-bond acceptors (Lipinski definition) is 7. The summed E-state index contributed by atoms with van der Waals surface area (Å²) in [7, 11) is 0. The minimum absolute atomic E-state index is 0.0971. The number of nitrogens with one attached hydrogen (secondary N) is 3. The Morgan fingerprint density at radius 1 is 1.29 bits per heavy atom. The fourth-order valence-electron chi connectivity index (χ4n) is 3.06. The lowest BCUT2D eigenvalue weighted by Gasteiger charge is -2.11.